The zero-order valence-electron chi connectivity index (χ0n) is 10.8. The summed E-state index contributed by atoms with van der Waals surface area (Å²) in [6.45, 7) is 3.85. The highest BCUT2D eigenvalue weighted by Gasteiger charge is 2.19. The van der Waals surface area contributed by atoms with E-state index in [0.29, 0.717) is 5.69 Å². The second kappa shape index (κ2) is 6.54. The van der Waals surface area contributed by atoms with Crippen LogP contribution in [0.4, 0.5) is 5.69 Å². The normalized spacial score (nSPS) is 13.7. The fraction of sp³-hybridized carbons (Fsp3) is 0.385. The maximum atomic E-state index is 11.8. The van der Waals surface area contributed by atoms with Crippen LogP contribution in [0.5, 0.6) is 0 Å². The molecule has 0 aromatic heterocycles. The van der Waals surface area contributed by atoms with E-state index in [1.807, 2.05) is 13.8 Å². The van der Waals surface area contributed by atoms with E-state index in [9.17, 15) is 9.59 Å². The summed E-state index contributed by atoms with van der Waals surface area (Å²) in [5.41, 5.74) is 6.22. The van der Waals surface area contributed by atoms with E-state index >= 15 is 0 Å². The highest BCUT2D eigenvalue weighted by Crippen LogP contribution is 2.21. The van der Waals surface area contributed by atoms with Crippen molar-refractivity contribution in [2.24, 2.45) is 11.7 Å². The molecule has 5 nitrogen and oxygen atoms in total. The van der Waals surface area contributed by atoms with Gasteiger partial charge in [0, 0.05) is 5.69 Å². The second-order valence-electron chi connectivity index (χ2n) is 4.40. The first kappa shape index (κ1) is 15.5. The fourth-order valence-corrected chi connectivity index (χ4v) is 1.77. The summed E-state index contributed by atoms with van der Waals surface area (Å²) < 4.78 is 0. The Kier molecular flexibility index (Phi) is 5.32. The molecule has 2 unspecified atom stereocenters. The van der Waals surface area contributed by atoms with E-state index in [1.54, 1.807) is 0 Å². The number of benzene rings is 1. The van der Waals surface area contributed by atoms with Crippen molar-refractivity contribution in [1.82, 2.24) is 0 Å². The average molecular weight is 285 g/mol. The van der Waals surface area contributed by atoms with Gasteiger partial charge < -0.3 is 16.2 Å². The molecule has 1 amide bonds. The lowest BCUT2D eigenvalue weighted by atomic mass is 9.99. The number of carbonyl (C=O) groups excluding carboxylic acids is 1. The number of hydrogen-bond donors (Lipinski definition) is 3. The first-order valence-electron chi connectivity index (χ1n) is 5.96. The van der Waals surface area contributed by atoms with Crippen molar-refractivity contribution in [3.63, 3.8) is 0 Å². The number of carboxylic acid groups (broad SMARTS) is 1. The highest BCUT2D eigenvalue weighted by molar-refractivity contribution is 6.33. The predicted octanol–water partition coefficient (Wildman–Crippen LogP) is 2.35. The molecule has 0 heterocycles. The van der Waals surface area contributed by atoms with Crippen LogP contribution in [-0.2, 0) is 4.79 Å². The number of carboxylic acids is 1. The molecule has 0 fully saturated rings. The van der Waals surface area contributed by atoms with Gasteiger partial charge in [-0.3, -0.25) is 4.79 Å². The molecule has 0 aliphatic carbocycles. The summed E-state index contributed by atoms with van der Waals surface area (Å²) in [6.07, 6.45) is 0.799. The van der Waals surface area contributed by atoms with E-state index < -0.39 is 12.0 Å². The van der Waals surface area contributed by atoms with E-state index in [2.05, 4.69) is 5.32 Å². The quantitative estimate of drug-likeness (QED) is 0.774. The Morgan fingerprint density at radius 1 is 1.47 bits per heavy atom. The number of anilines is 1. The zero-order valence-corrected chi connectivity index (χ0v) is 11.6. The van der Waals surface area contributed by atoms with E-state index in [-0.39, 0.29) is 22.4 Å². The highest BCUT2D eigenvalue weighted by atomic mass is 35.5. The molecule has 1 aromatic rings. The van der Waals surface area contributed by atoms with Crippen LogP contribution in [0.2, 0.25) is 5.02 Å². The maximum absolute atomic E-state index is 11.8. The Hall–Kier alpha value is -1.59. The maximum Gasteiger partial charge on any atom is 0.337 e. The molecule has 0 aliphatic heterocycles. The topological polar surface area (TPSA) is 92.4 Å². The van der Waals surface area contributed by atoms with Gasteiger partial charge in [-0.25, -0.2) is 4.79 Å². The van der Waals surface area contributed by atoms with E-state index in [1.165, 1.54) is 18.2 Å². The smallest absolute Gasteiger partial charge is 0.337 e. The average Bonchev–Trinajstić information content (AvgIpc) is 2.36. The molecule has 0 aliphatic rings. The van der Waals surface area contributed by atoms with Gasteiger partial charge in [0.2, 0.25) is 5.91 Å². The summed E-state index contributed by atoms with van der Waals surface area (Å²) in [5.74, 6) is -1.36. The van der Waals surface area contributed by atoms with Gasteiger partial charge in [0.25, 0.3) is 0 Å². The summed E-state index contributed by atoms with van der Waals surface area (Å²) in [4.78, 5) is 22.6. The predicted molar refractivity (Wildman–Crippen MR) is 74.5 cm³/mol. The number of carbonyl (C=O) groups is 2. The van der Waals surface area contributed by atoms with Crippen LogP contribution in [0.3, 0.4) is 0 Å². The minimum Gasteiger partial charge on any atom is -0.478 e. The second-order valence-corrected chi connectivity index (χ2v) is 4.81. The van der Waals surface area contributed by atoms with Gasteiger partial charge in [-0.1, -0.05) is 31.9 Å². The molecule has 2 atom stereocenters. The Balaban J connectivity index is 2.81. The number of rotatable bonds is 5. The lowest BCUT2D eigenvalue weighted by Crippen LogP contribution is -2.40. The summed E-state index contributed by atoms with van der Waals surface area (Å²) in [5, 5.41) is 11.5. The molecule has 0 bridgehead atoms. The van der Waals surface area contributed by atoms with Gasteiger partial charge in [-0.2, -0.15) is 0 Å². The number of halogens is 1. The fourth-order valence-electron chi connectivity index (χ4n) is 1.50. The molecular formula is C13H17ClN2O3. The van der Waals surface area contributed by atoms with Crippen molar-refractivity contribution >= 4 is 29.2 Å². The lowest BCUT2D eigenvalue weighted by Gasteiger charge is -2.17. The molecule has 0 saturated heterocycles. The van der Waals surface area contributed by atoms with Crippen LogP contribution in [0.1, 0.15) is 30.6 Å². The molecule has 19 heavy (non-hydrogen) atoms. The van der Waals surface area contributed by atoms with E-state index in [4.69, 9.17) is 22.4 Å². The number of hydrogen-bond acceptors (Lipinski definition) is 3. The van der Waals surface area contributed by atoms with Crippen molar-refractivity contribution in [1.29, 1.82) is 0 Å². The first-order chi connectivity index (χ1) is 8.86. The Morgan fingerprint density at radius 3 is 2.58 bits per heavy atom. The Morgan fingerprint density at radius 2 is 2.11 bits per heavy atom. The van der Waals surface area contributed by atoms with Crippen molar-refractivity contribution in [2.75, 3.05) is 5.32 Å². The summed E-state index contributed by atoms with van der Waals surface area (Å²) in [6, 6.07) is 3.61. The van der Waals surface area contributed by atoms with Gasteiger partial charge in [0.1, 0.15) is 0 Å². The molecule has 1 aromatic carbocycles. The van der Waals surface area contributed by atoms with Crippen molar-refractivity contribution in [3.05, 3.63) is 28.8 Å². The van der Waals surface area contributed by atoms with Crippen LogP contribution < -0.4 is 11.1 Å². The van der Waals surface area contributed by atoms with Gasteiger partial charge in [-0.05, 0) is 24.1 Å². The first-order valence-corrected chi connectivity index (χ1v) is 6.33. The van der Waals surface area contributed by atoms with E-state index in [0.717, 1.165) is 6.42 Å². The third-order valence-electron chi connectivity index (χ3n) is 3.03. The Bertz CT molecular complexity index is 491. The molecular weight excluding hydrogens is 268 g/mol. The van der Waals surface area contributed by atoms with Gasteiger partial charge in [-0.15, -0.1) is 0 Å². The third kappa shape index (κ3) is 3.94. The minimum atomic E-state index is -1.11. The third-order valence-corrected chi connectivity index (χ3v) is 3.34. The van der Waals surface area contributed by atoms with Gasteiger partial charge >= 0.3 is 5.97 Å². The molecule has 0 saturated carbocycles. The van der Waals surface area contributed by atoms with Crippen LogP contribution >= 0.6 is 11.6 Å². The molecule has 4 N–H and O–H groups in total. The number of nitrogens with two attached hydrogens (primary N) is 1. The van der Waals surface area contributed by atoms with Crippen LogP contribution in [-0.4, -0.2) is 23.0 Å². The SMILES string of the molecule is CCC(C)C(N)C(=O)Nc1ccc(C(=O)O)c(Cl)c1. The van der Waals surface area contributed by atoms with Crippen molar-refractivity contribution in [3.8, 4) is 0 Å². The minimum absolute atomic E-state index is 0.00843. The summed E-state index contributed by atoms with van der Waals surface area (Å²) in [7, 11) is 0. The van der Waals surface area contributed by atoms with Crippen molar-refractivity contribution in [2.45, 2.75) is 26.3 Å². The molecule has 104 valence electrons. The molecule has 0 spiro atoms. The molecule has 6 heteroatoms. The van der Waals surface area contributed by atoms with Crippen LogP contribution in [0.15, 0.2) is 18.2 Å². The monoisotopic (exact) mass is 284 g/mol. The molecule has 1 rings (SSSR count). The largest absolute Gasteiger partial charge is 0.478 e. The van der Waals surface area contributed by atoms with Crippen LogP contribution in [0, 0.1) is 5.92 Å². The molecule has 0 radical (unpaired) electrons. The number of aromatic carboxylic acids is 1. The standard InChI is InChI=1S/C13H17ClN2O3/c1-3-7(2)11(15)12(17)16-8-4-5-9(13(18)19)10(14)6-8/h4-7,11H,3,15H2,1-2H3,(H,16,17)(H,18,19). The lowest BCUT2D eigenvalue weighted by molar-refractivity contribution is -0.118. The summed E-state index contributed by atoms with van der Waals surface area (Å²) >= 11 is 5.81. The van der Waals surface area contributed by atoms with Gasteiger partial charge in [0.15, 0.2) is 0 Å². The van der Waals surface area contributed by atoms with Gasteiger partial charge in [0.05, 0.1) is 16.6 Å². The van der Waals surface area contributed by atoms with Crippen molar-refractivity contribution < 1.29 is 14.7 Å². The number of amides is 1. The van der Waals surface area contributed by atoms with Crippen LogP contribution in [0.25, 0.3) is 0 Å². The number of nitrogens with one attached hydrogen (secondary N) is 1. The zero-order chi connectivity index (χ0) is 14.6. The Labute approximate surface area is 116 Å².